The maximum absolute atomic E-state index is 13.8. The second kappa shape index (κ2) is 11.6. The maximum Gasteiger partial charge on any atom is 0.338 e. The Labute approximate surface area is 225 Å². The van der Waals surface area contributed by atoms with Crippen molar-refractivity contribution in [2.75, 3.05) is 20.3 Å². The Kier molecular flexibility index (Phi) is 8.48. The number of hydrogen-bond donors (Lipinski definition) is 0. The number of thiophene rings is 1. The Morgan fingerprint density at radius 3 is 2.69 bits per heavy atom. The summed E-state index contributed by atoms with van der Waals surface area (Å²) in [6, 6.07) is 7.00. The van der Waals surface area contributed by atoms with Gasteiger partial charge in [0.25, 0.3) is 5.56 Å². The van der Waals surface area contributed by atoms with E-state index in [4.69, 9.17) is 19.2 Å². The zero-order valence-corrected chi connectivity index (χ0v) is 23.7. The molecule has 0 amide bonds. The number of methoxy groups -OCH3 is 1. The first-order chi connectivity index (χ1) is 17.4. The van der Waals surface area contributed by atoms with Crippen LogP contribution in [0.5, 0.6) is 11.5 Å². The average Bonchev–Trinajstić information content (AvgIpc) is 3.47. The lowest BCUT2D eigenvalue weighted by atomic mass is 9.99. The van der Waals surface area contributed by atoms with Gasteiger partial charge in [0.2, 0.25) is 0 Å². The van der Waals surface area contributed by atoms with E-state index in [-0.39, 0.29) is 12.2 Å². The minimum atomic E-state index is -0.578. The molecule has 190 valence electrons. The van der Waals surface area contributed by atoms with Crippen molar-refractivity contribution in [3.63, 3.8) is 0 Å². The largest absolute Gasteiger partial charge is 0.492 e. The molecule has 0 bridgehead atoms. The number of fused-ring (bicyclic) bond motifs is 1. The summed E-state index contributed by atoms with van der Waals surface area (Å²) in [6.07, 6.45) is 3.24. The molecule has 3 aromatic rings. The van der Waals surface area contributed by atoms with E-state index >= 15 is 0 Å². The van der Waals surface area contributed by atoms with E-state index in [9.17, 15) is 9.59 Å². The normalized spacial score (nSPS) is 15.5. The summed E-state index contributed by atoms with van der Waals surface area (Å²) in [6.45, 7) is 6.44. The molecule has 0 N–H and O–H groups in total. The predicted molar refractivity (Wildman–Crippen MR) is 146 cm³/mol. The van der Waals surface area contributed by atoms with Crippen molar-refractivity contribution in [1.29, 1.82) is 0 Å². The Hall–Kier alpha value is -2.69. The highest BCUT2D eigenvalue weighted by Crippen LogP contribution is 2.37. The van der Waals surface area contributed by atoms with Gasteiger partial charge in [-0.1, -0.05) is 30.7 Å². The van der Waals surface area contributed by atoms with Crippen LogP contribution in [0.3, 0.4) is 0 Å². The number of hydrogen-bond acceptors (Lipinski definition) is 8. The van der Waals surface area contributed by atoms with Crippen molar-refractivity contribution in [1.82, 2.24) is 4.57 Å². The Balaban J connectivity index is 1.94. The third-order valence-corrected chi connectivity index (χ3v) is 8.04. The van der Waals surface area contributed by atoms with Gasteiger partial charge in [0.1, 0.15) is 6.04 Å². The van der Waals surface area contributed by atoms with E-state index in [1.807, 2.05) is 49.6 Å². The van der Waals surface area contributed by atoms with E-state index in [0.29, 0.717) is 45.1 Å². The number of allylic oxidation sites excluding steroid dienone is 1. The van der Waals surface area contributed by atoms with Crippen molar-refractivity contribution in [2.24, 2.45) is 4.99 Å². The molecule has 0 aliphatic carbocycles. The molecule has 2 aromatic heterocycles. The number of halogens is 1. The van der Waals surface area contributed by atoms with Crippen LogP contribution in [0.15, 0.2) is 55.2 Å². The quantitative estimate of drug-likeness (QED) is 0.334. The van der Waals surface area contributed by atoms with E-state index in [1.165, 1.54) is 22.7 Å². The van der Waals surface area contributed by atoms with Gasteiger partial charge in [0.05, 0.1) is 40.6 Å². The number of carbonyl (C=O) groups excluding carboxylic acids is 1. The summed E-state index contributed by atoms with van der Waals surface area (Å²) in [7, 11) is 1.58. The number of rotatable bonds is 9. The molecule has 0 spiro atoms. The van der Waals surface area contributed by atoms with Crippen LogP contribution < -0.4 is 24.4 Å². The van der Waals surface area contributed by atoms with Gasteiger partial charge in [-0.15, -0.1) is 11.3 Å². The lowest BCUT2D eigenvalue weighted by Gasteiger charge is -2.24. The zero-order valence-electron chi connectivity index (χ0n) is 20.5. The van der Waals surface area contributed by atoms with Crippen LogP contribution in [-0.4, -0.2) is 30.9 Å². The molecule has 1 aliphatic rings. The monoisotopic (exact) mass is 590 g/mol. The number of carbonyl (C=O) groups is 1. The molecule has 0 unspecified atom stereocenters. The minimum absolute atomic E-state index is 0.209. The molecule has 3 heterocycles. The molecule has 36 heavy (non-hydrogen) atoms. The van der Waals surface area contributed by atoms with E-state index in [0.717, 1.165) is 21.3 Å². The van der Waals surface area contributed by atoms with E-state index < -0.39 is 12.0 Å². The number of thiazole rings is 1. The van der Waals surface area contributed by atoms with Crippen molar-refractivity contribution in [2.45, 2.75) is 39.7 Å². The third-order valence-electron chi connectivity index (χ3n) is 5.54. The topological polar surface area (TPSA) is 79.1 Å². The molecule has 0 radical (unpaired) electrons. The first-order valence-electron chi connectivity index (χ1n) is 11.7. The summed E-state index contributed by atoms with van der Waals surface area (Å²) < 4.78 is 19.5. The smallest absolute Gasteiger partial charge is 0.338 e. The maximum atomic E-state index is 13.8. The van der Waals surface area contributed by atoms with Gasteiger partial charge in [-0.3, -0.25) is 9.36 Å². The fourth-order valence-electron chi connectivity index (χ4n) is 4.12. The van der Waals surface area contributed by atoms with E-state index in [2.05, 4.69) is 15.9 Å². The summed E-state index contributed by atoms with van der Waals surface area (Å²) in [5, 5.41) is 1.94. The number of aromatic nitrogens is 1. The van der Waals surface area contributed by atoms with Crippen LogP contribution in [0.1, 0.15) is 50.1 Å². The summed E-state index contributed by atoms with van der Waals surface area (Å²) in [5.74, 6) is 0.744. The third kappa shape index (κ3) is 5.07. The highest BCUT2D eigenvalue weighted by molar-refractivity contribution is 9.10. The summed E-state index contributed by atoms with van der Waals surface area (Å²) in [5.41, 5.74) is 1.68. The first kappa shape index (κ1) is 26.4. The second-order valence-electron chi connectivity index (χ2n) is 7.90. The molecule has 0 saturated heterocycles. The highest BCUT2D eigenvalue weighted by atomic mass is 79.9. The van der Waals surface area contributed by atoms with Crippen LogP contribution >= 0.6 is 38.6 Å². The summed E-state index contributed by atoms with van der Waals surface area (Å²) >= 11 is 6.35. The molecule has 1 atom stereocenters. The molecule has 0 fully saturated rings. The highest BCUT2D eigenvalue weighted by Gasteiger charge is 2.34. The van der Waals surface area contributed by atoms with Crippen LogP contribution in [0.2, 0.25) is 0 Å². The molecular formula is C26H27BrN2O5S2. The van der Waals surface area contributed by atoms with Gasteiger partial charge in [0.15, 0.2) is 16.3 Å². The number of esters is 1. The average molecular weight is 592 g/mol. The Bertz CT molecular complexity index is 1470. The second-order valence-corrected chi connectivity index (χ2v) is 10.7. The Morgan fingerprint density at radius 2 is 2.06 bits per heavy atom. The first-order valence-corrected chi connectivity index (χ1v) is 14.2. The molecular weight excluding hydrogens is 564 g/mol. The van der Waals surface area contributed by atoms with Crippen LogP contribution in [0.4, 0.5) is 0 Å². The van der Waals surface area contributed by atoms with Crippen LogP contribution in [-0.2, 0) is 9.53 Å². The molecule has 1 aliphatic heterocycles. The molecule has 10 heteroatoms. The fourth-order valence-corrected chi connectivity index (χ4v) is 6.59. The minimum Gasteiger partial charge on any atom is -0.492 e. The Morgan fingerprint density at radius 1 is 1.25 bits per heavy atom. The summed E-state index contributed by atoms with van der Waals surface area (Å²) in [4.78, 5) is 33.1. The molecule has 4 rings (SSSR count). The number of ether oxygens (including phenoxy) is 3. The van der Waals surface area contributed by atoms with Crippen molar-refractivity contribution < 1.29 is 19.0 Å². The lowest BCUT2D eigenvalue weighted by molar-refractivity contribution is -0.139. The van der Waals surface area contributed by atoms with E-state index in [1.54, 1.807) is 18.6 Å². The SMILES string of the molecule is CCCC1=C(C(=O)OCC)[C@H](c2cccs2)n2c(s/c(=C\c3cc(Br)c(OC)c(OCC)c3)c2=O)=N1. The zero-order chi connectivity index (χ0) is 25.8. The number of benzene rings is 1. The van der Waals surface area contributed by atoms with Crippen molar-refractivity contribution >= 4 is 50.6 Å². The predicted octanol–water partition coefficient (Wildman–Crippen LogP) is 4.81. The van der Waals surface area contributed by atoms with Crippen LogP contribution in [0, 0.1) is 0 Å². The molecule has 7 nitrogen and oxygen atoms in total. The molecule has 1 aromatic carbocycles. The number of nitrogens with zero attached hydrogens (tertiary/aromatic N) is 2. The van der Waals surface area contributed by atoms with Gasteiger partial charge >= 0.3 is 5.97 Å². The van der Waals surface area contributed by atoms with Crippen LogP contribution in [0.25, 0.3) is 6.08 Å². The van der Waals surface area contributed by atoms with Gasteiger partial charge in [0, 0.05) is 4.88 Å². The molecule has 0 saturated carbocycles. The van der Waals surface area contributed by atoms with Gasteiger partial charge in [-0.2, -0.15) is 0 Å². The fraction of sp³-hybridized carbons (Fsp3) is 0.346. The van der Waals surface area contributed by atoms with Crippen molar-refractivity contribution in [3.05, 3.63) is 75.5 Å². The van der Waals surface area contributed by atoms with Gasteiger partial charge < -0.3 is 14.2 Å². The van der Waals surface area contributed by atoms with Gasteiger partial charge in [-0.05, 0) is 71.4 Å². The van der Waals surface area contributed by atoms with Crippen molar-refractivity contribution in [3.8, 4) is 11.5 Å². The lowest BCUT2D eigenvalue weighted by Crippen LogP contribution is -2.39. The van der Waals surface area contributed by atoms with Gasteiger partial charge in [-0.25, -0.2) is 9.79 Å². The standard InChI is InChI=1S/C26H27BrN2O5S2/c1-5-9-17-21(25(31)34-7-3)22(19-10-8-11-35-19)29-24(30)20(36-26(29)28-17)14-15-12-16(27)23(32-4)18(13-15)33-6-2/h8,10-14,22H,5-7,9H2,1-4H3/b20-14-/t22-/m0/s1.